The van der Waals surface area contributed by atoms with Gasteiger partial charge in [0.25, 0.3) is 0 Å². The molecule has 0 radical (unpaired) electrons. The normalized spacial score (nSPS) is 26.0. The zero-order valence-corrected chi connectivity index (χ0v) is 17.4. The Morgan fingerprint density at radius 1 is 1.00 bits per heavy atom. The van der Waals surface area contributed by atoms with Gasteiger partial charge in [-0.15, -0.1) is 6.58 Å². The SMILES string of the molecule is C=CC1CCC2CC(c3ccc(C(=O)Oc4ccc(C)cc4F)c(F)c3)CCC2C1. The van der Waals surface area contributed by atoms with E-state index in [1.165, 1.54) is 43.5 Å². The van der Waals surface area contributed by atoms with Crippen molar-refractivity contribution >= 4 is 5.97 Å². The highest BCUT2D eigenvalue weighted by Crippen LogP contribution is 2.47. The molecule has 0 aliphatic heterocycles. The molecule has 158 valence electrons. The first-order valence-corrected chi connectivity index (χ1v) is 10.8. The predicted molar refractivity (Wildman–Crippen MR) is 114 cm³/mol. The molecular formula is C26H28F2O2. The molecule has 0 bridgehead atoms. The van der Waals surface area contributed by atoms with Gasteiger partial charge < -0.3 is 4.74 Å². The van der Waals surface area contributed by atoms with Crippen LogP contribution in [0.2, 0.25) is 0 Å². The Labute approximate surface area is 177 Å². The van der Waals surface area contributed by atoms with Crippen LogP contribution in [0.15, 0.2) is 49.1 Å². The van der Waals surface area contributed by atoms with Gasteiger partial charge in [-0.1, -0.05) is 18.2 Å². The van der Waals surface area contributed by atoms with Gasteiger partial charge in [-0.3, -0.25) is 0 Å². The maximum absolute atomic E-state index is 14.7. The summed E-state index contributed by atoms with van der Waals surface area (Å²) >= 11 is 0. The second kappa shape index (κ2) is 8.71. The van der Waals surface area contributed by atoms with Gasteiger partial charge in [-0.05, 0) is 105 Å². The van der Waals surface area contributed by atoms with E-state index < -0.39 is 17.6 Å². The van der Waals surface area contributed by atoms with E-state index in [9.17, 15) is 13.6 Å². The van der Waals surface area contributed by atoms with Gasteiger partial charge in [-0.25, -0.2) is 13.6 Å². The van der Waals surface area contributed by atoms with E-state index in [1.807, 2.05) is 6.07 Å². The van der Waals surface area contributed by atoms with E-state index in [2.05, 4.69) is 12.7 Å². The number of carbonyl (C=O) groups excluding carboxylic acids is 1. The average molecular weight is 411 g/mol. The fraction of sp³-hybridized carbons (Fsp3) is 0.423. The summed E-state index contributed by atoms with van der Waals surface area (Å²) in [5.41, 5.74) is 1.49. The van der Waals surface area contributed by atoms with Gasteiger partial charge >= 0.3 is 5.97 Å². The minimum Gasteiger partial charge on any atom is -0.420 e. The van der Waals surface area contributed by atoms with Crippen LogP contribution in [0.25, 0.3) is 0 Å². The topological polar surface area (TPSA) is 26.3 Å². The predicted octanol–water partition coefficient (Wildman–Crippen LogP) is 6.98. The van der Waals surface area contributed by atoms with Gasteiger partial charge in [0.2, 0.25) is 0 Å². The number of hydrogen-bond acceptors (Lipinski definition) is 2. The maximum Gasteiger partial charge on any atom is 0.346 e. The molecule has 0 N–H and O–H groups in total. The van der Waals surface area contributed by atoms with Crippen LogP contribution in [0.1, 0.15) is 65.9 Å². The van der Waals surface area contributed by atoms with Crippen molar-refractivity contribution in [3.63, 3.8) is 0 Å². The lowest BCUT2D eigenvalue weighted by molar-refractivity contribution is 0.0723. The first-order chi connectivity index (χ1) is 14.4. The molecule has 2 nitrogen and oxygen atoms in total. The number of fused-ring (bicyclic) bond motifs is 1. The number of carbonyl (C=O) groups is 1. The standard InChI is InChI=1S/C26H28F2O2/c1-3-17-5-6-19-14-20(8-7-18(19)13-17)21-9-10-22(23(27)15-21)26(29)30-25-11-4-16(2)12-24(25)28/h3-4,9-12,15,17-20H,1,5-8,13-14H2,2H3. The van der Waals surface area contributed by atoms with E-state index in [0.29, 0.717) is 17.8 Å². The number of ether oxygens (including phenoxy) is 1. The quantitative estimate of drug-likeness (QED) is 0.309. The summed E-state index contributed by atoms with van der Waals surface area (Å²) in [6.45, 7) is 5.69. The van der Waals surface area contributed by atoms with Crippen molar-refractivity contribution in [1.29, 1.82) is 0 Å². The average Bonchev–Trinajstić information content (AvgIpc) is 2.74. The fourth-order valence-corrected chi connectivity index (χ4v) is 5.24. The van der Waals surface area contributed by atoms with E-state index in [0.717, 1.165) is 36.3 Å². The molecule has 0 amide bonds. The summed E-state index contributed by atoms with van der Waals surface area (Å²) in [7, 11) is 0. The molecule has 4 unspecified atom stereocenters. The molecule has 4 atom stereocenters. The molecule has 4 rings (SSSR count). The van der Waals surface area contributed by atoms with Crippen LogP contribution >= 0.6 is 0 Å². The molecule has 30 heavy (non-hydrogen) atoms. The van der Waals surface area contributed by atoms with Crippen LogP contribution in [0.3, 0.4) is 0 Å². The highest BCUT2D eigenvalue weighted by atomic mass is 19.1. The molecule has 0 aromatic heterocycles. The van der Waals surface area contributed by atoms with Crippen LogP contribution in [0.4, 0.5) is 8.78 Å². The lowest BCUT2D eigenvalue weighted by Crippen LogP contribution is -2.30. The maximum atomic E-state index is 14.7. The Morgan fingerprint density at radius 3 is 2.50 bits per heavy atom. The number of hydrogen-bond donors (Lipinski definition) is 0. The molecule has 2 aliphatic rings. The highest BCUT2D eigenvalue weighted by molar-refractivity contribution is 5.91. The third-order valence-electron chi connectivity index (χ3n) is 6.96. The van der Waals surface area contributed by atoms with Crippen molar-refractivity contribution in [2.45, 2.75) is 51.4 Å². The van der Waals surface area contributed by atoms with E-state index in [4.69, 9.17) is 4.74 Å². The van der Waals surface area contributed by atoms with Crippen LogP contribution in [-0.2, 0) is 0 Å². The summed E-state index contributed by atoms with van der Waals surface area (Å²) < 4.78 is 33.8. The first-order valence-electron chi connectivity index (χ1n) is 10.8. The Kier molecular flexibility index (Phi) is 6.03. The Bertz CT molecular complexity index is 952. The van der Waals surface area contributed by atoms with Crippen LogP contribution < -0.4 is 4.74 Å². The highest BCUT2D eigenvalue weighted by Gasteiger charge is 2.35. The third kappa shape index (κ3) is 4.33. The van der Waals surface area contributed by atoms with Gasteiger partial charge in [-0.2, -0.15) is 0 Å². The van der Waals surface area contributed by atoms with E-state index in [1.54, 1.807) is 13.0 Å². The van der Waals surface area contributed by atoms with Gasteiger partial charge in [0.1, 0.15) is 5.82 Å². The summed E-state index contributed by atoms with van der Waals surface area (Å²) in [4.78, 5) is 12.4. The monoisotopic (exact) mass is 410 g/mol. The molecule has 2 aliphatic carbocycles. The molecule has 2 aromatic carbocycles. The smallest absolute Gasteiger partial charge is 0.346 e. The summed E-state index contributed by atoms with van der Waals surface area (Å²) in [5.74, 6) is 0.0878. The van der Waals surface area contributed by atoms with Crippen LogP contribution in [0.5, 0.6) is 5.75 Å². The van der Waals surface area contributed by atoms with Gasteiger partial charge in [0, 0.05) is 0 Å². The van der Waals surface area contributed by atoms with Crippen LogP contribution in [0, 0.1) is 36.3 Å². The second-order valence-corrected chi connectivity index (χ2v) is 8.90. The number of allylic oxidation sites excluding steroid dienone is 1. The second-order valence-electron chi connectivity index (χ2n) is 8.90. The Morgan fingerprint density at radius 2 is 1.77 bits per heavy atom. The lowest BCUT2D eigenvalue weighted by atomic mass is 9.64. The number of benzene rings is 2. The minimum atomic E-state index is -0.881. The lowest BCUT2D eigenvalue weighted by Gasteiger charge is -2.41. The molecule has 0 spiro atoms. The molecule has 4 heteroatoms. The summed E-state index contributed by atoms with van der Waals surface area (Å²) in [6, 6.07) is 9.06. The van der Waals surface area contributed by atoms with Crippen molar-refractivity contribution in [2.24, 2.45) is 17.8 Å². The van der Waals surface area contributed by atoms with Crippen molar-refractivity contribution in [1.82, 2.24) is 0 Å². The zero-order chi connectivity index (χ0) is 21.3. The summed E-state index contributed by atoms with van der Waals surface area (Å²) in [5, 5.41) is 0. The number of halogens is 2. The zero-order valence-electron chi connectivity index (χ0n) is 17.4. The minimum absolute atomic E-state index is 0.168. The molecule has 2 aromatic rings. The largest absolute Gasteiger partial charge is 0.420 e. The van der Waals surface area contributed by atoms with Crippen molar-refractivity contribution in [2.75, 3.05) is 0 Å². The third-order valence-corrected chi connectivity index (χ3v) is 6.96. The number of esters is 1. The van der Waals surface area contributed by atoms with E-state index in [-0.39, 0.29) is 11.3 Å². The van der Waals surface area contributed by atoms with Gasteiger partial charge in [0.05, 0.1) is 5.56 Å². The summed E-state index contributed by atoms with van der Waals surface area (Å²) in [6.07, 6.45) is 9.03. The first kappa shape index (κ1) is 20.8. The van der Waals surface area contributed by atoms with E-state index >= 15 is 0 Å². The van der Waals surface area contributed by atoms with Gasteiger partial charge in [0.15, 0.2) is 11.6 Å². The Hall–Kier alpha value is -2.49. The number of aryl methyl sites for hydroxylation is 1. The fourth-order valence-electron chi connectivity index (χ4n) is 5.24. The van der Waals surface area contributed by atoms with Crippen LogP contribution in [-0.4, -0.2) is 5.97 Å². The molecule has 0 saturated heterocycles. The van der Waals surface area contributed by atoms with Crippen molar-refractivity contribution < 1.29 is 18.3 Å². The molecular weight excluding hydrogens is 382 g/mol. The van der Waals surface area contributed by atoms with Crippen molar-refractivity contribution in [3.05, 3.63) is 77.4 Å². The number of rotatable bonds is 4. The molecule has 0 heterocycles. The molecule has 2 fully saturated rings. The molecule has 2 saturated carbocycles. The van der Waals surface area contributed by atoms with Crippen molar-refractivity contribution in [3.8, 4) is 5.75 Å². The Balaban J connectivity index is 1.44.